The van der Waals surface area contributed by atoms with E-state index in [0.29, 0.717) is 5.92 Å². The van der Waals surface area contributed by atoms with Gasteiger partial charge < -0.3 is 5.11 Å². The average Bonchev–Trinajstić information content (AvgIpc) is 2.82. The number of rotatable bonds is 5. The van der Waals surface area contributed by atoms with Gasteiger partial charge in [-0.25, -0.2) is 13.1 Å². The Morgan fingerprint density at radius 3 is 2.36 bits per heavy atom. The predicted molar refractivity (Wildman–Crippen MR) is 55.4 cm³/mol. The van der Waals surface area contributed by atoms with Gasteiger partial charge in [0, 0.05) is 5.54 Å². The molecule has 0 spiro atoms. The molecular weight excluding hydrogens is 202 g/mol. The number of hydrogen-bond acceptors (Lipinski definition) is 3. The maximum absolute atomic E-state index is 11.6. The fourth-order valence-corrected chi connectivity index (χ4v) is 2.75. The van der Waals surface area contributed by atoms with E-state index in [0.717, 1.165) is 12.8 Å². The molecule has 1 aliphatic rings. The molecule has 0 radical (unpaired) electrons. The van der Waals surface area contributed by atoms with Crippen LogP contribution in [0.3, 0.4) is 0 Å². The Kier molecular flexibility index (Phi) is 3.23. The van der Waals surface area contributed by atoms with Crippen LogP contribution < -0.4 is 4.72 Å². The van der Waals surface area contributed by atoms with Crippen molar-refractivity contribution in [3.05, 3.63) is 0 Å². The largest absolute Gasteiger partial charge is 0.395 e. The van der Waals surface area contributed by atoms with E-state index in [4.69, 9.17) is 5.11 Å². The highest BCUT2D eigenvalue weighted by atomic mass is 32.2. The first-order valence-corrected chi connectivity index (χ1v) is 6.48. The van der Waals surface area contributed by atoms with Gasteiger partial charge in [-0.1, -0.05) is 0 Å². The molecule has 2 N–H and O–H groups in total. The molecular formula is C9H19NO3S. The Hall–Kier alpha value is -0.130. The first-order chi connectivity index (χ1) is 6.29. The van der Waals surface area contributed by atoms with Crippen molar-refractivity contribution in [3.63, 3.8) is 0 Å². The van der Waals surface area contributed by atoms with Crippen LogP contribution in [-0.4, -0.2) is 30.9 Å². The van der Waals surface area contributed by atoms with Crippen molar-refractivity contribution in [1.82, 2.24) is 4.72 Å². The first-order valence-electron chi connectivity index (χ1n) is 4.93. The number of nitrogens with one attached hydrogen (secondary N) is 1. The molecule has 1 aliphatic carbocycles. The predicted octanol–water partition coefficient (Wildman–Crippen LogP) is 0.475. The number of sulfonamides is 1. The fraction of sp³-hybridized carbons (Fsp3) is 1.00. The second kappa shape index (κ2) is 3.79. The third-order valence-corrected chi connectivity index (χ3v) is 4.81. The van der Waals surface area contributed by atoms with E-state index in [2.05, 4.69) is 4.72 Å². The molecule has 4 nitrogen and oxygen atoms in total. The van der Waals surface area contributed by atoms with Crippen LogP contribution in [0.25, 0.3) is 0 Å². The normalized spacial score (nSPS) is 20.9. The summed E-state index contributed by atoms with van der Waals surface area (Å²) in [5.41, 5.74) is -0.373. The number of aliphatic hydroxyl groups is 1. The molecule has 0 heterocycles. The minimum atomic E-state index is -3.37. The third-order valence-electron chi connectivity index (χ3n) is 2.79. The fourth-order valence-electron chi connectivity index (χ4n) is 1.45. The molecule has 1 fully saturated rings. The molecule has 0 bridgehead atoms. The van der Waals surface area contributed by atoms with E-state index in [1.165, 1.54) is 6.92 Å². The average molecular weight is 221 g/mol. The zero-order chi connectivity index (χ0) is 11.0. The van der Waals surface area contributed by atoms with Gasteiger partial charge in [-0.15, -0.1) is 0 Å². The number of aliphatic hydroxyl groups excluding tert-OH is 1. The Labute approximate surface area is 85.8 Å². The van der Waals surface area contributed by atoms with Crippen molar-refractivity contribution in [2.45, 2.75) is 44.4 Å². The van der Waals surface area contributed by atoms with Gasteiger partial charge >= 0.3 is 0 Å². The van der Waals surface area contributed by atoms with Crippen molar-refractivity contribution in [2.75, 3.05) is 6.61 Å². The lowest BCUT2D eigenvalue weighted by Crippen LogP contribution is -2.48. The lowest BCUT2D eigenvalue weighted by molar-refractivity contribution is 0.292. The maximum atomic E-state index is 11.6. The summed E-state index contributed by atoms with van der Waals surface area (Å²) < 4.78 is 25.9. The van der Waals surface area contributed by atoms with E-state index < -0.39 is 15.3 Å². The Balaban J connectivity index is 2.66. The van der Waals surface area contributed by atoms with Gasteiger partial charge in [0.1, 0.15) is 0 Å². The van der Waals surface area contributed by atoms with E-state index in [1.807, 2.05) is 13.8 Å². The molecule has 0 aromatic heterocycles. The molecule has 1 saturated carbocycles. The molecule has 1 rings (SSSR count). The van der Waals surface area contributed by atoms with Crippen LogP contribution in [0.2, 0.25) is 0 Å². The van der Waals surface area contributed by atoms with Gasteiger partial charge in [0.25, 0.3) is 0 Å². The lowest BCUT2D eigenvalue weighted by atomic mass is 10.0. The molecule has 0 aliphatic heterocycles. The van der Waals surface area contributed by atoms with Crippen LogP contribution >= 0.6 is 0 Å². The van der Waals surface area contributed by atoms with E-state index in [9.17, 15) is 8.42 Å². The minimum Gasteiger partial charge on any atom is -0.395 e. The summed E-state index contributed by atoms with van der Waals surface area (Å²) >= 11 is 0. The molecule has 0 saturated heterocycles. The third kappa shape index (κ3) is 2.68. The highest BCUT2D eigenvalue weighted by molar-refractivity contribution is 7.90. The summed E-state index contributed by atoms with van der Waals surface area (Å²) in [6.45, 7) is 4.96. The van der Waals surface area contributed by atoms with Gasteiger partial charge in [-0.05, 0) is 39.5 Å². The van der Waals surface area contributed by atoms with E-state index >= 15 is 0 Å². The molecule has 14 heavy (non-hydrogen) atoms. The molecule has 0 aromatic carbocycles. The minimum absolute atomic E-state index is 0.337. The van der Waals surface area contributed by atoms with E-state index in [1.54, 1.807) is 0 Å². The van der Waals surface area contributed by atoms with Gasteiger partial charge in [-0.2, -0.15) is 0 Å². The SMILES string of the molecule is CC(CO)S(=O)(=O)NC(C)(C)C1CC1. The van der Waals surface area contributed by atoms with Crippen LogP contribution in [-0.2, 0) is 10.0 Å². The van der Waals surface area contributed by atoms with Crippen LogP contribution in [0.4, 0.5) is 0 Å². The molecule has 84 valence electrons. The van der Waals surface area contributed by atoms with Crippen LogP contribution in [0.5, 0.6) is 0 Å². The monoisotopic (exact) mass is 221 g/mol. The zero-order valence-corrected chi connectivity index (χ0v) is 9.76. The van der Waals surface area contributed by atoms with Crippen LogP contribution in [0.15, 0.2) is 0 Å². The standard InChI is InChI=1S/C9H19NO3S/c1-7(6-11)14(12,13)10-9(2,3)8-4-5-8/h7-8,10-11H,4-6H2,1-3H3. The van der Waals surface area contributed by atoms with Crippen molar-refractivity contribution >= 4 is 10.0 Å². The molecule has 5 heteroatoms. The van der Waals surface area contributed by atoms with Crippen molar-refractivity contribution in [2.24, 2.45) is 5.92 Å². The zero-order valence-electron chi connectivity index (χ0n) is 8.95. The number of hydrogen-bond donors (Lipinski definition) is 2. The van der Waals surface area contributed by atoms with Crippen LogP contribution in [0, 0.1) is 5.92 Å². The summed E-state index contributed by atoms with van der Waals surface area (Å²) in [5.74, 6) is 0.447. The lowest BCUT2D eigenvalue weighted by Gasteiger charge is -2.27. The molecule has 1 unspecified atom stereocenters. The van der Waals surface area contributed by atoms with E-state index in [-0.39, 0.29) is 12.1 Å². The topological polar surface area (TPSA) is 66.4 Å². The first kappa shape index (κ1) is 11.9. The molecule has 0 amide bonds. The van der Waals surface area contributed by atoms with Gasteiger partial charge in [0.2, 0.25) is 10.0 Å². The maximum Gasteiger partial charge on any atom is 0.216 e. The summed E-state index contributed by atoms with van der Waals surface area (Å²) in [4.78, 5) is 0. The van der Waals surface area contributed by atoms with Gasteiger partial charge in [-0.3, -0.25) is 0 Å². The smallest absolute Gasteiger partial charge is 0.216 e. The van der Waals surface area contributed by atoms with Gasteiger partial charge in [0.15, 0.2) is 0 Å². The summed E-state index contributed by atoms with van der Waals surface area (Å²) in [7, 11) is -3.37. The van der Waals surface area contributed by atoms with Gasteiger partial charge in [0.05, 0.1) is 11.9 Å². The highest BCUT2D eigenvalue weighted by Gasteiger charge is 2.41. The quantitative estimate of drug-likeness (QED) is 0.709. The second-order valence-corrected chi connectivity index (χ2v) is 6.74. The molecule has 0 aromatic rings. The Morgan fingerprint density at radius 2 is 2.00 bits per heavy atom. The summed E-state index contributed by atoms with van der Waals surface area (Å²) in [6, 6.07) is 0. The molecule has 1 atom stereocenters. The Bertz CT molecular complexity index is 293. The summed E-state index contributed by atoms with van der Waals surface area (Å²) in [5, 5.41) is 8.07. The van der Waals surface area contributed by atoms with Crippen molar-refractivity contribution in [3.8, 4) is 0 Å². The van der Waals surface area contributed by atoms with Crippen molar-refractivity contribution < 1.29 is 13.5 Å². The summed E-state index contributed by atoms with van der Waals surface area (Å²) in [6.07, 6.45) is 2.17. The Morgan fingerprint density at radius 1 is 1.50 bits per heavy atom. The van der Waals surface area contributed by atoms with Crippen molar-refractivity contribution in [1.29, 1.82) is 0 Å². The highest BCUT2D eigenvalue weighted by Crippen LogP contribution is 2.39. The second-order valence-electron chi connectivity index (χ2n) is 4.64. The van der Waals surface area contributed by atoms with Crippen LogP contribution in [0.1, 0.15) is 33.6 Å².